The van der Waals surface area contributed by atoms with Crippen molar-refractivity contribution in [1.82, 2.24) is 0 Å². The summed E-state index contributed by atoms with van der Waals surface area (Å²) in [4.78, 5) is 27.0. The van der Waals surface area contributed by atoms with Crippen LogP contribution in [0.3, 0.4) is 0 Å². The van der Waals surface area contributed by atoms with Gasteiger partial charge in [-0.15, -0.1) is 0 Å². The topological polar surface area (TPSA) is 67.2 Å². The van der Waals surface area contributed by atoms with Crippen molar-refractivity contribution in [3.8, 4) is 6.07 Å². The molecule has 0 N–H and O–H groups in total. The van der Waals surface area contributed by atoms with E-state index < -0.39 is 40.6 Å². The van der Waals surface area contributed by atoms with E-state index in [0.717, 1.165) is 36.6 Å². The van der Waals surface area contributed by atoms with Crippen LogP contribution in [0.15, 0.2) is 48.5 Å². The average molecular weight is 457 g/mol. The molecule has 0 bridgehead atoms. The molecule has 0 heterocycles. The standard InChI is InChI=1S/C26H26F3NO3/c1-24(2,3)17-12-14-18(15-13-17)25(16-30,23(32)33-19-8-4-5-9-19)22(31)20-10-6-7-11-21(20)26(27,28)29/h6-7,10-15,19H,4-5,8-9H2,1-3H3. The minimum absolute atomic E-state index is 0.0111. The van der Waals surface area contributed by atoms with Crippen LogP contribution >= 0.6 is 0 Å². The third kappa shape index (κ3) is 4.80. The fourth-order valence-corrected chi connectivity index (χ4v) is 4.10. The molecule has 0 aromatic heterocycles. The van der Waals surface area contributed by atoms with Gasteiger partial charge < -0.3 is 4.74 Å². The molecule has 1 unspecified atom stereocenters. The Kier molecular flexibility index (Phi) is 6.69. The van der Waals surface area contributed by atoms with Gasteiger partial charge in [-0.25, -0.2) is 4.79 Å². The minimum Gasteiger partial charge on any atom is -0.461 e. The Morgan fingerprint density at radius 3 is 2.00 bits per heavy atom. The molecule has 1 atom stereocenters. The Hall–Kier alpha value is -3.14. The zero-order valence-electron chi connectivity index (χ0n) is 18.8. The van der Waals surface area contributed by atoms with Gasteiger partial charge in [-0.1, -0.05) is 63.2 Å². The molecule has 174 valence electrons. The number of benzene rings is 2. The number of nitriles is 1. The van der Waals surface area contributed by atoms with Gasteiger partial charge in [0.1, 0.15) is 6.10 Å². The smallest absolute Gasteiger partial charge is 0.417 e. The highest BCUT2D eigenvalue weighted by Gasteiger charge is 2.53. The van der Waals surface area contributed by atoms with Gasteiger partial charge in [-0.3, -0.25) is 4.79 Å². The summed E-state index contributed by atoms with van der Waals surface area (Å²) in [5, 5.41) is 10.2. The number of alkyl halides is 3. The van der Waals surface area contributed by atoms with E-state index in [4.69, 9.17) is 4.74 Å². The van der Waals surface area contributed by atoms with Gasteiger partial charge in [0.05, 0.1) is 11.6 Å². The lowest BCUT2D eigenvalue weighted by Crippen LogP contribution is -2.45. The van der Waals surface area contributed by atoms with E-state index in [2.05, 4.69) is 0 Å². The van der Waals surface area contributed by atoms with Crippen LogP contribution in [0.25, 0.3) is 0 Å². The van der Waals surface area contributed by atoms with Gasteiger partial charge in [0.15, 0.2) is 5.78 Å². The maximum absolute atomic E-state index is 13.7. The van der Waals surface area contributed by atoms with E-state index in [1.54, 1.807) is 18.2 Å². The second-order valence-electron chi connectivity index (χ2n) is 9.37. The van der Waals surface area contributed by atoms with Crippen molar-refractivity contribution in [3.05, 3.63) is 70.8 Å². The van der Waals surface area contributed by atoms with Gasteiger partial charge in [-0.05, 0) is 48.3 Å². The van der Waals surface area contributed by atoms with Crippen molar-refractivity contribution in [3.63, 3.8) is 0 Å². The van der Waals surface area contributed by atoms with Gasteiger partial charge in [-0.2, -0.15) is 18.4 Å². The summed E-state index contributed by atoms with van der Waals surface area (Å²) in [6.07, 6.45) is -2.46. The first-order valence-electron chi connectivity index (χ1n) is 10.9. The normalized spacial score (nSPS) is 16.6. The van der Waals surface area contributed by atoms with Crippen molar-refractivity contribution in [2.24, 2.45) is 0 Å². The Morgan fingerprint density at radius 2 is 1.48 bits per heavy atom. The summed E-state index contributed by atoms with van der Waals surface area (Å²) < 4.78 is 46.5. The number of hydrogen-bond acceptors (Lipinski definition) is 4. The van der Waals surface area contributed by atoms with E-state index in [0.29, 0.717) is 12.8 Å². The molecule has 4 nitrogen and oxygen atoms in total. The molecule has 1 fully saturated rings. The lowest BCUT2D eigenvalue weighted by molar-refractivity contribution is -0.152. The third-order valence-corrected chi connectivity index (χ3v) is 6.05. The molecule has 0 aliphatic heterocycles. The number of halogens is 3. The molecule has 0 radical (unpaired) electrons. The van der Waals surface area contributed by atoms with Crippen LogP contribution in [0.1, 0.15) is 73.5 Å². The largest absolute Gasteiger partial charge is 0.461 e. The SMILES string of the molecule is CC(C)(C)c1ccc(C(C#N)(C(=O)OC2CCCC2)C(=O)c2ccccc2C(F)(F)F)cc1. The number of hydrogen-bond donors (Lipinski definition) is 0. The van der Waals surface area contributed by atoms with Crippen molar-refractivity contribution in [2.75, 3.05) is 0 Å². The fraction of sp³-hybridized carbons (Fsp3) is 0.423. The summed E-state index contributed by atoms with van der Waals surface area (Å²) in [5.74, 6) is -2.38. The second-order valence-corrected chi connectivity index (χ2v) is 9.37. The highest BCUT2D eigenvalue weighted by atomic mass is 19.4. The van der Waals surface area contributed by atoms with Crippen LogP contribution in [-0.2, 0) is 26.5 Å². The molecule has 3 rings (SSSR count). The number of Topliss-reactive ketones (excluding diaryl/α,β-unsaturated/α-hetero) is 1. The Morgan fingerprint density at radius 1 is 0.939 bits per heavy atom. The molecule has 0 spiro atoms. The number of carbonyl (C=O) groups excluding carboxylic acids is 2. The molecule has 33 heavy (non-hydrogen) atoms. The van der Waals surface area contributed by atoms with Crippen LogP contribution < -0.4 is 0 Å². The van der Waals surface area contributed by atoms with Gasteiger partial charge in [0.25, 0.3) is 0 Å². The average Bonchev–Trinajstić information content (AvgIpc) is 3.26. The van der Waals surface area contributed by atoms with Crippen LogP contribution in [0.2, 0.25) is 0 Å². The Balaban J connectivity index is 2.18. The maximum Gasteiger partial charge on any atom is 0.417 e. The van der Waals surface area contributed by atoms with Crippen LogP contribution in [-0.4, -0.2) is 17.9 Å². The molecule has 0 amide bonds. The van der Waals surface area contributed by atoms with Crippen molar-refractivity contribution in [2.45, 2.75) is 69.6 Å². The van der Waals surface area contributed by atoms with Crippen LogP contribution in [0.5, 0.6) is 0 Å². The highest BCUT2D eigenvalue weighted by molar-refractivity contribution is 6.20. The predicted octanol–water partition coefficient (Wildman–Crippen LogP) is 6.13. The molecule has 2 aromatic carbocycles. The van der Waals surface area contributed by atoms with Crippen LogP contribution in [0.4, 0.5) is 13.2 Å². The van der Waals surface area contributed by atoms with E-state index in [9.17, 15) is 28.0 Å². The zero-order chi connectivity index (χ0) is 24.4. The summed E-state index contributed by atoms with van der Waals surface area (Å²) in [6.45, 7) is 5.91. The van der Waals surface area contributed by atoms with Gasteiger partial charge in [0.2, 0.25) is 5.41 Å². The first-order valence-corrected chi connectivity index (χ1v) is 10.9. The van der Waals surface area contributed by atoms with Crippen LogP contribution in [0, 0.1) is 11.3 Å². The summed E-state index contributed by atoms with van der Waals surface area (Å²) in [5.41, 5.74) is -3.87. The number of ether oxygens (including phenoxy) is 1. The fourth-order valence-electron chi connectivity index (χ4n) is 4.10. The quantitative estimate of drug-likeness (QED) is 0.308. The minimum atomic E-state index is -4.83. The number of rotatable bonds is 5. The van der Waals surface area contributed by atoms with E-state index >= 15 is 0 Å². The van der Waals surface area contributed by atoms with E-state index in [1.807, 2.05) is 20.8 Å². The van der Waals surface area contributed by atoms with Crippen molar-refractivity contribution in [1.29, 1.82) is 5.26 Å². The first-order chi connectivity index (χ1) is 15.4. The zero-order valence-corrected chi connectivity index (χ0v) is 18.8. The molecule has 7 heteroatoms. The highest BCUT2D eigenvalue weighted by Crippen LogP contribution is 2.38. The third-order valence-electron chi connectivity index (χ3n) is 6.05. The van der Waals surface area contributed by atoms with Gasteiger partial charge in [0, 0.05) is 5.56 Å². The molecule has 1 aliphatic rings. The molecular formula is C26H26F3NO3. The van der Waals surface area contributed by atoms with Gasteiger partial charge >= 0.3 is 12.1 Å². The number of esters is 1. The number of nitrogens with zero attached hydrogens (tertiary/aromatic N) is 1. The Labute approximate surface area is 191 Å². The monoisotopic (exact) mass is 457 g/mol. The molecular weight excluding hydrogens is 431 g/mol. The maximum atomic E-state index is 13.7. The van der Waals surface area contributed by atoms with E-state index in [1.165, 1.54) is 18.2 Å². The second kappa shape index (κ2) is 9.01. The first kappa shape index (κ1) is 24.5. The molecule has 2 aromatic rings. The Bertz CT molecular complexity index is 1070. The number of ketones is 1. The number of carbonyl (C=O) groups is 2. The summed E-state index contributed by atoms with van der Waals surface area (Å²) in [7, 11) is 0. The molecule has 1 aliphatic carbocycles. The molecule has 1 saturated carbocycles. The summed E-state index contributed by atoms with van der Waals surface area (Å²) in [6, 6.07) is 12.2. The van der Waals surface area contributed by atoms with Crippen molar-refractivity contribution < 1.29 is 27.5 Å². The lowest BCUT2D eigenvalue weighted by atomic mass is 9.73. The van der Waals surface area contributed by atoms with E-state index in [-0.39, 0.29) is 11.0 Å². The lowest BCUT2D eigenvalue weighted by Gasteiger charge is -2.28. The predicted molar refractivity (Wildman–Crippen MR) is 117 cm³/mol. The van der Waals surface area contributed by atoms with Crippen molar-refractivity contribution >= 4 is 11.8 Å². The summed E-state index contributed by atoms with van der Waals surface area (Å²) >= 11 is 0. The molecule has 0 saturated heterocycles.